The molecule has 3 aromatic carbocycles. The number of benzene rings is 3. The molecule has 0 aliphatic heterocycles. The van der Waals surface area contributed by atoms with Crippen LogP contribution in [-0.2, 0) is 0 Å². The molecule has 0 saturated carbocycles. The molecule has 0 amide bonds. The van der Waals surface area contributed by atoms with Gasteiger partial charge in [0.2, 0.25) is 4.96 Å². The fraction of sp³-hybridized carbons (Fsp3) is 0.160. The van der Waals surface area contributed by atoms with Gasteiger partial charge in [-0.2, -0.15) is 4.52 Å². The average molecular weight is 444 g/mol. The highest BCUT2D eigenvalue weighted by atomic mass is 32.1. The Morgan fingerprint density at radius 2 is 1.72 bits per heavy atom. The summed E-state index contributed by atoms with van der Waals surface area (Å²) in [4.78, 5) is 18.1. The highest BCUT2D eigenvalue weighted by molar-refractivity contribution is 7.15. The maximum atomic E-state index is 12.9. The molecule has 0 aliphatic rings. The van der Waals surface area contributed by atoms with Gasteiger partial charge in [-0.3, -0.25) is 4.79 Å². The molecule has 160 valence electrons. The fourth-order valence-electron chi connectivity index (χ4n) is 3.70. The molecule has 6 nitrogen and oxygen atoms in total. The van der Waals surface area contributed by atoms with Gasteiger partial charge in [-0.1, -0.05) is 54.7 Å². The molecule has 5 aromatic rings. The number of thiazole rings is 1. The predicted molar refractivity (Wildman–Crippen MR) is 127 cm³/mol. The first-order chi connectivity index (χ1) is 15.6. The molecule has 0 fully saturated rings. The van der Waals surface area contributed by atoms with Crippen molar-refractivity contribution in [1.29, 1.82) is 0 Å². The van der Waals surface area contributed by atoms with Crippen LogP contribution in [0.5, 0.6) is 11.5 Å². The molecule has 0 bridgehead atoms. The molecule has 0 aliphatic carbocycles. The molecule has 2 aromatic heterocycles. The lowest BCUT2D eigenvalue weighted by atomic mass is 9.97. The van der Waals surface area contributed by atoms with Crippen LogP contribution in [0.3, 0.4) is 0 Å². The third-order valence-electron chi connectivity index (χ3n) is 5.55. The highest BCUT2D eigenvalue weighted by Gasteiger charge is 2.17. The van der Waals surface area contributed by atoms with Crippen LogP contribution >= 0.6 is 11.3 Å². The van der Waals surface area contributed by atoms with Crippen molar-refractivity contribution in [3.8, 4) is 11.5 Å². The summed E-state index contributed by atoms with van der Waals surface area (Å²) in [5, 5.41) is 6.76. The van der Waals surface area contributed by atoms with Crippen LogP contribution in [-0.4, -0.2) is 28.8 Å². The van der Waals surface area contributed by atoms with E-state index in [4.69, 9.17) is 9.47 Å². The van der Waals surface area contributed by atoms with Gasteiger partial charge in [0.25, 0.3) is 5.56 Å². The Morgan fingerprint density at radius 1 is 0.969 bits per heavy atom. The number of rotatable bonds is 5. The van der Waals surface area contributed by atoms with E-state index in [0.717, 1.165) is 33.4 Å². The lowest BCUT2D eigenvalue weighted by Gasteiger charge is -2.10. The SMILES string of the molecule is COc1cccc(/C=c2\sc3nc([C@@H](C)c4ccc5cc(OC)ccc5c4)nn3c2=O)c1. The number of methoxy groups -OCH3 is 2. The molecule has 1 atom stereocenters. The Kier molecular flexibility index (Phi) is 5.11. The molecule has 2 heterocycles. The zero-order chi connectivity index (χ0) is 22.2. The Morgan fingerprint density at radius 3 is 2.50 bits per heavy atom. The van der Waals surface area contributed by atoms with Gasteiger partial charge >= 0.3 is 0 Å². The first-order valence-electron chi connectivity index (χ1n) is 10.2. The van der Waals surface area contributed by atoms with E-state index in [1.54, 1.807) is 14.2 Å². The van der Waals surface area contributed by atoms with Crippen LogP contribution in [0.1, 0.15) is 29.8 Å². The van der Waals surface area contributed by atoms with E-state index in [9.17, 15) is 4.79 Å². The summed E-state index contributed by atoms with van der Waals surface area (Å²) in [7, 11) is 3.29. The fourth-order valence-corrected chi connectivity index (χ4v) is 4.62. The monoisotopic (exact) mass is 443 g/mol. The smallest absolute Gasteiger partial charge is 0.291 e. The maximum absolute atomic E-state index is 12.9. The van der Waals surface area contributed by atoms with E-state index in [0.29, 0.717) is 15.3 Å². The van der Waals surface area contributed by atoms with Crippen molar-refractivity contribution >= 4 is 33.1 Å². The summed E-state index contributed by atoms with van der Waals surface area (Å²) in [6.45, 7) is 2.05. The summed E-state index contributed by atoms with van der Waals surface area (Å²) in [5.41, 5.74) is 1.83. The average Bonchev–Trinajstić information content (AvgIpc) is 3.37. The Balaban J connectivity index is 1.49. The van der Waals surface area contributed by atoms with Crippen molar-refractivity contribution in [2.24, 2.45) is 0 Å². The minimum Gasteiger partial charge on any atom is -0.497 e. The molecule has 0 unspecified atom stereocenters. The zero-order valence-corrected chi connectivity index (χ0v) is 18.7. The quantitative estimate of drug-likeness (QED) is 0.411. The topological polar surface area (TPSA) is 65.7 Å². The van der Waals surface area contributed by atoms with Crippen LogP contribution in [0.2, 0.25) is 0 Å². The van der Waals surface area contributed by atoms with E-state index >= 15 is 0 Å². The van der Waals surface area contributed by atoms with Gasteiger partial charge < -0.3 is 9.47 Å². The van der Waals surface area contributed by atoms with Gasteiger partial charge in [0, 0.05) is 5.92 Å². The molecule has 0 saturated heterocycles. The Hall–Kier alpha value is -3.71. The molecule has 0 spiro atoms. The van der Waals surface area contributed by atoms with Crippen molar-refractivity contribution in [2.45, 2.75) is 12.8 Å². The maximum Gasteiger partial charge on any atom is 0.291 e. The van der Waals surface area contributed by atoms with Crippen molar-refractivity contribution in [3.05, 3.63) is 92.5 Å². The second kappa shape index (κ2) is 8.09. The van der Waals surface area contributed by atoms with E-state index in [-0.39, 0.29) is 11.5 Å². The van der Waals surface area contributed by atoms with Gasteiger partial charge in [0.15, 0.2) is 5.82 Å². The molecular weight excluding hydrogens is 422 g/mol. The van der Waals surface area contributed by atoms with Crippen LogP contribution < -0.4 is 19.6 Å². The third kappa shape index (κ3) is 3.61. The molecule has 7 heteroatoms. The number of nitrogens with zero attached hydrogens (tertiary/aromatic N) is 3. The van der Waals surface area contributed by atoms with Gasteiger partial charge in [-0.05, 0) is 52.2 Å². The first kappa shape index (κ1) is 20.2. The van der Waals surface area contributed by atoms with Crippen molar-refractivity contribution in [3.63, 3.8) is 0 Å². The second-order valence-corrected chi connectivity index (χ2v) is 8.56. The molecule has 5 rings (SSSR count). The summed E-state index contributed by atoms with van der Waals surface area (Å²) in [5.74, 6) is 2.17. The Bertz CT molecular complexity index is 1550. The van der Waals surface area contributed by atoms with Crippen molar-refractivity contribution in [2.75, 3.05) is 14.2 Å². The van der Waals surface area contributed by atoms with E-state index in [2.05, 4.69) is 35.2 Å². The lowest BCUT2D eigenvalue weighted by molar-refractivity contribution is 0.414. The number of fused-ring (bicyclic) bond motifs is 2. The minimum absolute atomic E-state index is 0.0428. The summed E-state index contributed by atoms with van der Waals surface area (Å²) >= 11 is 1.34. The van der Waals surface area contributed by atoms with Crippen molar-refractivity contribution in [1.82, 2.24) is 14.6 Å². The second-order valence-electron chi connectivity index (χ2n) is 7.55. The van der Waals surface area contributed by atoms with Crippen LogP contribution in [0, 0.1) is 0 Å². The third-order valence-corrected chi connectivity index (χ3v) is 6.51. The van der Waals surface area contributed by atoms with Crippen LogP contribution in [0.15, 0.2) is 65.5 Å². The summed E-state index contributed by atoms with van der Waals surface area (Å²) in [6, 6.07) is 19.9. The number of aromatic nitrogens is 3. The minimum atomic E-state index is -0.163. The summed E-state index contributed by atoms with van der Waals surface area (Å²) < 4.78 is 12.5. The van der Waals surface area contributed by atoms with E-state index in [1.807, 2.05) is 48.5 Å². The number of hydrogen-bond acceptors (Lipinski definition) is 6. The van der Waals surface area contributed by atoms with Gasteiger partial charge in [0.1, 0.15) is 11.5 Å². The first-order valence-corrected chi connectivity index (χ1v) is 11.0. The molecule has 32 heavy (non-hydrogen) atoms. The van der Waals surface area contributed by atoms with Gasteiger partial charge in [-0.25, -0.2) is 4.98 Å². The van der Waals surface area contributed by atoms with E-state index in [1.165, 1.54) is 15.9 Å². The van der Waals surface area contributed by atoms with E-state index < -0.39 is 0 Å². The van der Waals surface area contributed by atoms with Crippen LogP contribution in [0.25, 0.3) is 21.8 Å². The highest BCUT2D eigenvalue weighted by Crippen LogP contribution is 2.27. The Labute approximate surface area is 188 Å². The molecule has 0 radical (unpaired) electrons. The molecular formula is C25H21N3O3S. The van der Waals surface area contributed by atoms with Gasteiger partial charge in [0.05, 0.1) is 18.8 Å². The molecule has 0 N–H and O–H groups in total. The standard InChI is InChI=1S/C25H21N3O3S/c1-15(17-7-8-19-14-21(31-3)10-9-18(19)13-17)23-26-25-28(27-23)24(29)22(32-25)12-16-5-4-6-20(11-16)30-2/h4-15H,1-3H3/b22-12-/t15-/m0/s1. The zero-order valence-electron chi connectivity index (χ0n) is 17.9. The lowest BCUT2D eigenvalue weighted by Crippen LogP contribution is -2.24. The van der Waals surface area contributed by atoms with Crippen LogP contribution in [0.4, 0.5) is 0 Å². The predicted octanol–water partition coefficient (Wildman–Crippen LogP) is 4.02. The largest absolute Gasteiger partial charge is 0.497 e. The normalized spacial score (nSPS) is 13.0. The van der Waals surface area contributed by atoms with Gasteiger partial charge in [-0.15, -0.1) is 5.10 Å². The number of ether oxygens (including phenoxy) is 2. The summed E-state index contributed by atoms with van der Waals surface area (Å²) in [6.07, 6.45) is 1.84. The van der Waals surface area contributed by atoms with Crippen molar-refractivity contribution < 1.29 is 9.47 Å². The number of hydrogen-bond donors (Lipinski definition) is 0.